The normalized spacial score (nSPS) is 14.0. The summed E-state index contributed by atoms with van der Waals surface area (Å²) in [5, 5.41) is 0. The van der Waals surface area contributed by atoms with Gasteiger partial charge in [-0.25, -0.2) is 9.98 Å². The molecule has 0 aromatic heterocycles. The van der Waals surface area contributed by atoms with E-state index in [1.807, 2.05) is 48.5 Å². The number of hydrogen-bond donors (Lipinski definition) is 0. The Balaban J connectivity index is 1.80. The number of amidine groups is 2. The average Bonchev–Trinajstić information content (AvgIpc) is 2.69. The van der Waals surface area contributed by atoms with Crippen LogP contribution in [0.2, 0.25) is 0 Å². The van der Waals surface area contributed by atoms with Gasteiger partial charge in [0.1, 0.15) is 12.5 Å². The van der Waals surface area contributed by atoms with E-state index in [1.54, 1.807) is 0 Å². The Bertz CT molecular complexity index is 928. The van der Waals surface area contributed by atoms with E-state index in [0.717, 1.165) is 28.5 Å². The van der Waals surface area contributed by atoms with Gasteiger partial charge in [0.2, 0.25) is 0 Å². The van der Waals surface area contributed by atoms with Crippen LogP contribution in [0.3, 0.4) is 0 Å². The second kappa shape index (κ2) is 6.73. The van der Waals surface area contributed by atoms with Gasteiger partial charge in [-0.1, -0.05) is 72.8 Å². The lowest BCUT2D eigenvalue weighted by Crippen LogP contribution is -2.36. The van der Waals surface area contributed by atoms with E-state index >= 15 is 0 Å². The standard InChI is InChI=1S/C22H19N3/c1-17-9-8-14-20(15-17)25-16-23-21(18-10-4-2-5-11-18)24-22(25)19-12-6-3-7-13-19/h2-15H,16H2,1H3. The Morgan fingerprint density at radius 3 is 2.12 bits per heavy atom. The van der Waals surface area contributed by atoms with Gasteiger partial charge in [0, 0.05) is 16.8 Å². The third kappa shape index (κ3) is 3.22. The molecule has 0 atom stereocenters. The largest absolute Gasteiger partial charge is 0.306 e. The van der Waals surface area contributed by atoms with Gasteiger partial charge in [-0.3, -0.25) is 0 Å². The van der Waals surface area contributed by atoms with Crippen molar-refractivity contribution in [3.63, 3.8) is 0 Å². The van der Waals surface area contributed by atoms with Crippen molar-refractivity contribution < 1.29 is 0 Å². The molecule has 1 aliphatic rings. The molecule has 0 fully saturated rings. The summed E-state index contributed by atoms with van der Waals surface area (Å²) in [7, 11) is 0. The molecule has 3 nitrogen and oxygen atoms in total. The van der Waals surface area contributed by atoms with E-state index in [0.29, 0.717) is 6.67 Å². The topological polar surface area (TPSA) is 28.0 Å². The maximum absolute atomic E-state index is 4.90. The molecule has 1 heterocycles. The molecule has 3 aromatic rings. The van der Waals surface area contributed by atoms with Crippen LogP contribution in [-0.4, -0.2) is 18.3 Å². The number of benzene rings is 3. The number of nitrogens with zero attached hydrogens (tertiary/aromatic N) is 3. The highest BCUT2D eigenvalue weighted by Crippen LogP contribution is 2.22. The SMILES string of the molecule is Cc1cccc(N2CN=C(c3ccccc3)N=C2c2ccccc2)c1. The summed E-state index contributed by atoms with van der Waals surface area (Å²) < 4.78 is 0. The third-order valence-corrected chi connectivity index (χ3v) is 4.21. The van der Waals surface area contributed by atoms with Gasteiger partial charge in [0.05, 0.1) is 0 Å². The molecule has 0 radical (unpaired) electrons. The molecule has 0 saturated carbocycles. The highest BCUT2D eigenvalue weighted by atomic mass is 15.3. The number of aliphatic imine (C=N–C) groups is 2. The van der Waals surface area contributed by atoms with Gasteiger partial charge in [-0.05, 0) is 24.6 Å². The first-order valence-electron chi connectivity index (χ1n) is 8.39. The van der Waals surface area contributed by atoms with Crippen LogP contribution < -0.4 is 4.90 Å². The number of rotatable bonds is 3. The number of anilines is 1. The Morgan fingerprint density at radius 2 is 1.44 bits per heavy atom. The summed E-state index contributed by atoms with van der Waals surface area (Å²) in [5.41, 5.74) is 4.47. The Labute approximate surface area is 148 Å². The predicted molar refractivity (Wildman–Crippen MR) is 104 cm³/mol. The molecule has 0 spiro atoms. The van der Waals surface area contributed by atoms with Crippen molar-refractivity contribution in [2.24, 2.45) is 9.98 Å². The van der Waals surface area contributed by atoms with Crippen molar-refractivity contribution in [2.75, 3.05) is 11.6 Å². The summed E-state index contributed by atoms with van der Waals surface area (Å²) in [6.45, 7) is 2.66. The van der Waals surface area contributed by atoms with Crippen molar-refractivity contribution in [3.05, 3.63) is 102 Å². The van der Waals surface area contributed by atoms with Crippen LogP contribution in [0, 0.1) is 6.92 Å². The maximum atomic E-state index is 4.90. The molecular formula is C22H19N3. The monoisotopic (exact) mass is 325 g/mol. The summed E-state index contributed by atoms with van der Waals surface area (Å²) >= 11 is 0. The smallest absolute Gasteiger partial charge is 0.158 e. The zero-order chi connectivity index (χ0) is 17.1. The third-order valence-electron chi connectivity index (χ3n) is 4.21. The first kappa shape index (κ1) is 15.3. The Hall–Kier alpha value is -3.20. The fraction of sp³-hybridized carbons (Fsp3) is 0.0909. The van der Waals surface area contributed by atoms with Crippen LogP contribution in [0.25, 0.3) is 0 Å². The van der Waals surface area contributed by atoms with Crippen molar-refractivity contribution >= 4 is 17.4 Å². The summed E-state index contributed by atoms with van der Waals surface area (Å²) in [4.78, 5) is 11.8. The zero-order valence-electron chi connectivity index (χ0n) is 14.1. The molecular weight excluding hydrogens is 306 g/mol. The zero-order valence-corrected chi connectivity index (χ0v) is 14.1. The van der Waals surface area contributed by atoms with Crippen LogP contribution in [0.4, 0.5) is 5.69 Å². The van der Waals surface area contributed by atoms with Gasteiger partial charge in [0.25, 0.3) is 0 Å². The van der Waals surface area contributed by atoms with E-state index in [2.05, 4.69) is 48.2 Å². The van der Waals surface area contributed by atoms with E-state index < -0.39 is 0 Å². The molecule has 3 aromatic carbocycles. The summed E-state index contributed by atoms with van der Waals surface area (Å²) in [6.07, 6.45) is 0. The number of hydrogen-bond acceptors (Lipinski definition) is 3. The van der Waals surface area contributed by atoms with E-state index in [-0.39, 0.29) is 0 Å². The lowest BCUT2D eigenvalue weighted by atomic mass is 10.1. The molecule has 122 valence electrons. The minimum absolute atomic E-state index is 0.557. The molecule has 0 N–H and O–H groups in total. The summed E-state index contributed by atoms with van der Waals surface area (Å²) in [6, 6.07) is 28.9. The quantitative estimate of drug-likeness (QED) is 0.688. The van der Waals surface area contributed by atoms with Crippen LogP contribution in [0.1, 0.15) is 16.7 Å². The highest BCUT2D eigenvalue weighted by molar-refractivity contribution is 6.19. The van der Waals surface area contributed by atoms with Gasteiger partial charge in [-0.15, -0.1) is 0 Å². The van der Waals surface area contributed by atoms with Crippen molar-refractivity contribution in [2.45, 2.75) is 6.92 Å². The van der Waals surface area contributed by atoms with E-state index in [4.69, 9.17) is 9.98 Å². The van der Waals surface area contributed by atoms with Crippen LogP contribution in [-0.2, 0) is 0 Å². The van der Waals surface area contributed by atoms with Gasteiger partial charge in [0.15, 0.2) is 5.84 Å². The molecule has 0 bridgehead atoms. The maximum Gasteiger partial charge on any atom is 0.158 e. The predicted octanol–water partition coefficient (Wildman–Crippen LogP) is 4.67. The van der Waals surface area contributed by atoms with Crippen LogP contribution in [0.15, 0.2) is 94.9 Å². The Morgan fingerprint density at radius 1 is 0.760 bits per heavy atom. The van der Waals surface area contributed by atoms with Crippen molar-refractivity contribution in [3.8, 4) is 0 Å². The Kier molecular flexibility index (Phi) is 4.13. The van der Waals surface area contributed by atoms with Gasteiger partial charge >= 0.3 is 0 Å². The second-order valence-electron chi connectivity index (χ2n) is 6.06. The molecule has 0 aliphatic carbocycles. The second-order valence-corrected chi connectivity index (χ2v) is 6.06. The molecule has 25 heavy (non-hydrogen) atoms. The minimum atomic E-state index is 0.557. The van der Waals surface area contributed by atoms with Crippen LogP contribution >= 0.6 is 0 Å². The van der Waals surface area contributed by atoms with Gasteiger partial charge in [-0.2, -0.15) is 0 Å². The molecule has 0 amide bonds. The van der Waals surface area contributed by atoms with E-state index in [9.17, 15) is 0 Å². The van der Waals surface area contributed by atoms with E-state index in [1.165, 1.54) is 5.56 Å². The number of aryl methyl sites for hydroxylation is 1. The minimum Gasteiger partial charge on any atom is -0.306 e. The van der Waals surface area contributed by atoms with Crippen molar-refractivity contribution in [1.29, 1.82) is 0 Å². The molecule has 0 saturated heterocycles. The fourth-order valence-corrected chi connectivity index (χ4v) is 2.95. The van der Waals surface area contributed by atoms with Crippen molar-refractivity contribution in [1.82, 2.24) is 0 Å². The first-order valence-corrected chi connectivity index (χ1v) is 8.39. The lowest BCUT2D eigenvalue weighted by molar-refractivity contribution is 0.984. The lowest BCUT2D eigenvalue weighted by Gasteiger charge is -2.28. The van der Waals surface area contributed by atoms with Gasteiger partial charge < -0.3 is 4.90 Å². The van der Waals surface area contributed by atoms with Crippen LogP contribution in [0.5, 0.6) is 0 Å². The fourth-order valence-electron chi connectivity index (χ4n) is 2.95. The molecule has 3 heteroatoms. The summed E-state index contributed by atoms with van der Waals surface area (Å²) in [5.74, 6) is 1.71. The molecule has 1 aliphatic heterocycles. The molecule has 0 unspecified atom stereocenters. The highest BCUT2D eigenvalue weighted by Gasteiger charge is 2.21. The average molecular weight is 325 g/mol. The molecule has 4 rings (SSSR count). The first-order chi connectivity index (χ1) is 12.3.